The standard InChI is InChI=1S/C19H29N3O8S/c1-6-28-16(23)12-29-15-11-13(31(26,27)20-5)7-8-14(15)17(24)21-9-10-22-18(25)30-19(2,3)4/h7-8,11,20H,6,9-10,12H2,1-5H3,(H,21,24)(H,22,25). The molecular formula is C19H29N3O8S. The summed E-state index contributed by atoms with van der Waals surface area (Å²) in [5.74, 6) is -1.36. The van der Waals surface area contributed by atoms with Gasteiger partial charge in [0.25, 0.3) is 5.91 Å². The van der Waals surface area contributed by atoms with Gasteiger partial charge in [-0.3, -0.25) is 4.79 Å². The van der Waals surface area contributed by atoms with E-state index in [0.29, 0.717) is 0 Å². The van der Waals surface area contributed by atoms with E-state index in [1.165, 1.54) is 19.2 Å². The highest BCUT2D eigenvalue weighted by atomic mass is 32.2. The molecule has 3 N–H and O–H groups in total. The second-order valence-corrected chi connectivity index (χ2v) is 9.03. The topological polar surface area (TPSA) is 149 Å². The average molecular weight is 460 g/mol. The zero-order valence-corrected chi connectivity index (χ0v) is 19.1. The normalized spacial score (nSPS) is 11.4. The number of carbonyl (C=O) groups excluding carboxylic acids is 3. The predicted molar refractivity (Wildman–Crippen MR) is 111 cm³/mol. The highest BCUT2D eigenvalue weighted by Crippen LogP contribution is 2.23. The van der Waals surface area contributed by atoms with Crippen LogP contribution in [0.25, 0.3) is 0 Å². The molecule has 0 bridgehead atoms. The lowest BCUT2D eigenvalue weighted by Crippen LogP contribution is -2.38. The van der Waals surface area contributed by atoms with E-state index in [-0.39, 0.29) is 35.9 Å². The lowest BCUT2D eigenvalue weighted by Gasteiger charge is -2.19. The van der Waals surface area contributed by atoms with Gasteiger partial charge >= 0.3 is 12.1 Å². The Hall–Kier alpha value is -2.86. The van der Waals surface area contributed by atoms with Crippen molar-refractivity contribution in [3.8, 4) is 5.75 Å². The Bertz CT molecular complexity index is 894. The maximum Gasteiger partial charge on any atom is 0.407 e. The third kappa shape index (κ3) is 9.22. The molecule has 0 unspecified atom stereocenters. The molecule has 174 valence electrons. The van der Waals surface area contributed by atoms with Crippen molar-refractivity contribution in [1.82, 2.24) is 15.4 Å². The minimum Gasteiger partial charge on any atom is -0.481 e. The Kier molecular flexibility index (Phi) is 9.72. The van der Waals surface area contributed by atoms with Crippen LogP contribution in [0.5, 0.6) is 5.75 Å². The van der Waals surface area contributed by atoms with Crippen LogP contribution in [0.2, 0.25) is 0 Å². The molecule has 1 aromatic carbocycles. The second-order valence-electron chi connectivity index (χ2n) is 7.14. The number of carbonyl (C=O) groups is 3. The largest absolute Gasteiger partial charge is 0.481 e. The summed E-state index contributed by atoms with van der Waals surface area (Å²) in [5.41, 5.74) is -0.634. The number of hydrogen-bond acceptors (Lipinski definition) is 8. The maximum absolute atomic E-state index is 12.5. The monoisotopic (exact) mass is 459 g/mol. The van der Waals surface area contributed by atoms with Gasteiger partial charge in [-0.05, 0) is 46.9 Å². The number of alkyl carbamates (subject to hydrolysis) is 1. The fourth-order valence-corrected chi connectivity index (χ4v) is 2.93. The number of amides is 2. The van der Waals surface area contributed by atoms with Crippen LogP contribution in [0, 0.1) is 0 Å². The molecule has 0 aliphatic carbocycles. The first kappa shape index (κ1) is 26.2. The van der Waals surface area contributed by atoms with E-state index < -0.39 is 40.2 Å². The van der Waals surface area contributed by atoms with Crippen molar-refractivity contribution in [3.05, 3.63) is 23.8 Å². The van der Waals surface area contributed by atoms with E-state index in [2.05, 4.69) is 15.4 Å². The van der Waals surface area contributed by atoms with Crippen molar-refractivity contribution in [1.29, 1.82) is 0 Å². The molecule has 0 aliphatic heterocycles. The van der Waals surface area contributed by atoms with Crippen LogP contribution in [-0.4, -0.2) is 65.3 Å². The average Bonchev–Trinajstić information content (AvgIpc) is 2.68. The number of rotatable bonds is 10. The fraction of sp³-hybridized carbons (Fsp3) is 0.526. The van der Waals surface area contributed by atoms with E-state index in [9.17, 15) is 22.8 Å². The van der Waals surface area contributed by atoms with Crippen molar-refractivity contribution < 1.29 is 37.0 Å². The molecular weight excluding hydrogens is 430 g/mol. The summed E-state index contributed by atoms with van der Waals surface area (Å²) in [6, 6.07) is 3.64. The van der Waals surface area contributed by atoms with Crippen LogP contribution in [0.1, 0.15) is 38.1 Å². The summed E-state index contributed by atoms with van der Waals surface area (Å²) in [4.78, 5) is 35.6. The summed E-state index contributed by atoms with van der Waals surface area (Å²) in [7, 11) is -2.55. The van der Waals surface area contributed by atoms with Gasteiger partial charge in [0.05, 0.1) is 17.1 Å². The van der Waals surface area contributed by atoms with Gasteiger partial charge < -0.3 is 24.8 Å². The molecule has 31 heavy (non-hydrogen) atoms. The van der Waals surface area contributed by atoms with E-state index in [0.717, 1.165) is 6.07 Å². The molecule has 0 aromatic heterocycles. The van der Waals surface area contributed by atoms with Gasteiger partial charge in [0, 0.05) is 19.2 Å². The fourth-order valence-electron chi connectivity index (χ4n) is 2.18. The van der Waals surface area contributed by atoms with Crippen LogP contribution >= 0.6 is 0 Å². The molecule has 1 rings (SSSR count). The number of hydrogen-bond donors (Lipinski definition) is 3. The molecule has 0 saturated heterocycles. The van der Waals surface area contributed by atoms with Gasteiger partial charge in [-0.2, -0.15) is 0 Å². The van der Waals surface area contributed by atoms with E-state index >= 15 is 0 Å². The van der Waals surface area contributed by atoms with Crippen LogP contribution in [0.3, 0.4) is 0 Å². The zero-order valence-electron chi connectivity index (χ0n) is 18.2. The summed E-state index contributed by atoms with van der Waals surface area (Å²) in [6.45, 7) is 6.63. The highest BCUT2D eigenvalue weighted by Gasteiger charge is 2.20. The number of esters is 1. The molecule has 0 aliphatic rings. The third-order valence-corrected chi connectivity index (χ3v) is 4.92. The van der Waals surface area contributed by atoms with Crippen LogP contribution < -0.4 is 20.1 Å². The van der Waals surface area contributed by atoms with E-state index in [4.69, 9.17) is 14.2 Å². The second kappa shape index (κ2) is 11.5. The summed E-state index contributed by atoms with van der Waals surface area (Å²) in [6.07, 6.45) is -0.623. The van der Waals surface area contributed by atoms with Gasteiger partial charge in [0.15, 0.2) is 6.61 Å². The van der Waals surface area contributed by atoms with E-state index in [1.807, 2.05) is 0 Å². The van der Waals surface area contributed by atoms with Gasteiger partial charge in [-0.15, -0.1) is 0 Å². The molecule has 0 saturated carbocycles. The van der Waals surface area contributed by atoms with Crippen molar-refractivity contribution >= 4 is 28.0 Å². The smallest absolute Gasteiger partial charge is 0.407 e. The maximum atomic E-state index is 12.5. The van der Waals surface area contributed by atoms with Crippen molar-refractivity contribution in [2.24, 2.45) is 0 Å². The Labute approximate surface area is 181 Å². The highest BCUT2D eigenvalue weighted by molar-refractivity contribution is 7.89. The van der Waals surface area contributed by atoms with Gasteiger partial charge in [0.1, 0.15) is 11.4 Å². The van der Waals surface area contributed by atoms with Gasteiger partial charge in [-0.1, -0.05) is 0 Å². The molecule has 0 spiro atoms. The molecule has 0 radical (unpaired) electrons. The minimum absolute atomic E-state index is 0.0108. The molecule has 11 nitrogen and oxygen atoms in total. The number of nitrogens with one attached hydrogen (secondary N) is 3. The minimum atomic E-state index is -3.80. The van der Waals surface area contributed by atoms with E-state index in [1.54, 1.807) is 27.7 Å². The lowest BCUT2D eigenvalue weighted by atomic mass is 10.2. The first-order valence-electron chi connectivity index (χ1n) is 9.50. The molecule has 0 atom stereocenters. The van der Waals surface area contributed by atoms with Gasteiger partial charge in [-0.25, -0.2) is 22.7 Å². The van der Waals surface area contributed by atoms with Crippen LogP contribution in [0.4, 0.5) is 4.79 Å². The predicted octanol–water partition coefficient (Wildman–Crippen LogP) is 0.791. The van der Waals surface area contributed by atoms with Crippen LogP contribution in [0.15, 0.2) is 23.1 Å². The Morgan fingerprint density at radius 3 is 2.29 bits per heavy atom. The molecule has 2 amide bonds. The molecule has 12 heteroatoms. The first-order chi connectivity index (χ1) is 14.4. The molecule has 0 heterocycles. The molecule has 1 aromatic rings. The first-order valence-corrected chi connectivity index (χ1v) is 11.0. The number of ether oxygens (including phenoxy) is 3. The Morgan fingerprint density at radius 2 is 1.71 bits per heavy atom. The third-order valence-electron chi connectivity index (χ3n) is 3.51. The SMILES string of the molecule is CCOC(=O)COc1cc(S(=O)(=O)NC)ccc1C(=O)NCCNC(=O)OC(C)(C)C. The molecule has 0 fully saturated rings. The number of benzene rings is 1. The lowest BCUT2D eigenvalue weighted by molar-refractivity contribution is -0.145. The quantitative estimate of drug-likeness (QED) is 0.343. The summed E-state index contributed by atoms with van der Waals surface area (Å²) in [5, 5.41) is 5.07. The number of sulfonamides is 1. The Morgan fingerprint density at radius 1 is 1.06 bits per heavy atom. The van der Waals surface area contributed by atoms with Crippen molar-refractivity contribution in [2.75, 3.05) is 33.4 Å². The Balaban J connectivity index is 2.86. The van der Waals surface area contributed by atoms with Crippen molar-refractivity contribution in [3.63, 3.8) is 0 Å². The van der Waals surface area contributed by atoms with Gasteiger partial charge in [0.2, 0.25) is 10.0 Å². The van der Waals surface area contributed by atoms with Crippen molar-refractivity contribution in [2.45, 2.75) is 38.2 Å². The summed E-state index contributed by atoms with van der Waals surface area (Å²) < 4.78 is 41.4. The summed E-state index contributed by atoms with van der Waals surface area (Å²) >= 11 is 0. The van der Waals surface area contributed by atoms with Crippen LogP contribution in [-0.2, 0) is 24.3 Å². The zero-order chi connectivity index (χ0) is 23.7.